The van der Waals surface area contributed by atoms with Gasteiger partial charge in [0.2, 0.25) is 0 Å². The molecule has 0 amide bonds. The lowest BCUT2D eigenvalue weighted by atomic mass is 9.69. The van der Waals surface area contributed by atoms with E-state index in [0.717, 1.165) is 12.1 Å². The van der Waals surface area contributed by atoms with E-state index in [2.05, 4.69) is 61.2 Å². The lowest BCUT2D eigenvalue weighted by molar-refractivity contribution is -0.143. The van der Waals surface area contributed by atoms with Crippen molar-refractivity contribution in [2.45, 2.75) is 68.7 Å². The monoisotopic (exact) mass is 498 g/mol. The van der Waals surface area contributed by atoms with E-state index in [1.807, 2.05) is 24.3 Å². The highest BCUT2D eigenvalue weighted by Gasteiger charge is 2.53. The summed E-state index contributed by atoms with van der Waals surface area (Å²) in [5.74, 6) is 0. The standard InChI is InChI=1S/C26H35ClN2O.2ClH/c1-20-24(28(2)3)26(30,22-13-10-14-23(27)19-22)17-18-29(20)25(15-8-5-9-16-25)21-11-6-4-7-12-21;;/h4,6-7,10-14,19-20,24,30H,5,8-9,15-18H2,1-3H3;2*1H. The Morgan fingerprint density at radius 3 is 2.12 bits per heavy atom. The van der Waals surface area contributed by atoms with Crippen LogP contribution in [0.2, 0.25) is 5.02 Å². The molecule has 1 saturated heterocycles. The normalized spacial score (nSPS) is 27.9. The maximum absolute atomic E-state index is 12.0. The molecule has 1 aliphatic carbocycles. The summed E-state index contributed by atoms with van der Waals surface area (Å²) >= 11 is 6.31. The highest BCUT2D eigenvalue weighted by molar-refractivity contribution is 6.30. The van der Waals surface area contributed by atoms with Crippen LogP contribution in [-0.4, -0.2) is 47.6 Å². The number of aliphatic hydroxyl groups is 1. The number of hydrogen-bond donors (Lipinski definition) is 1. The molecule has 1 heterocycles. The highest BCUT2D eigenvalue weighted by Crippen LogP contribution is 2.48. The summed E-state index contributed by atoms with van der Waals surface area (Å²) in [5, 5.41) is 12.7. The van der Waals surface area contributed by atoms with Crippen molar-refractivity contribution in [3.8, 4) is 0 Å². The van der Waals surface area contributed by atoms with Gasteiger partial charge in [-0.15, -0.1) is 24.8 Å². The zero-order valence-electron chi connectivity index (χ0n) is 19.3. The maximum atomic E-state index is 12.0. The first-order valence-corrected chi connectivity index (χ1v) is 11.7. The van der Waals surface area contributed by atoms with Crippen LogP contribution in [0.5, 0.6) is 0 Å². The smallest absolute Gasteiger partial charge is 0.108 e. The summed E-state index contributed by atoms with van der Waals surface area (Å²) in [6.45, 7) is 3.18. The molecule has 2 aromatic carbocycles. The third-order valence-corrected chi connectivity index (χ3v) is 7.83. The third kappa shape index (κ3) is 4.85. The van der Waals surface area contributed by atoms with E-state index in [1.165, 1.54) is 37.7 Å². The zero-order valence-corrected chi connectivity index (χ0v) is 21.7. The van der Waals surface area contributed by atoms with Crippen molar-refractivity contribution >= 4 is 36.4 Å². The van der Waals surface area contributed by atoms with Gasteiger partial charge in [-0.25, -0.2) is 0 Å². The van der Waals surface area contributed by atoms with Crippen molar-refractivity contribution < 1.29 is 5.11 Å². The van der Waals surface area contributed by atoms with Gasteiger partial charge in [0, 0.05) is 23.1 Å². The Bertz CT molecular complexity index is 857. The Hall–Kier alpha value is -0.810. The van der Waals surface area contributed by atoms with E-state index < -0.39 is 5.60 Å². The van der Waals surface area contributed by atoms with Crippen LogP contribution < -0.4 is 0 Å². The molecule has 3 unspecified atom stereocenters. The Morgan fingerprint density at radius 2 is 1.53 bits per heavy atom. The number of rotatable bonds is 4. The van der Waals surface area contributed by atoms with Crippen molar-refractivity contribution in [1.82, 2.24) is 9.80 Å². The van der Waals surface area contributed by atoms with Gasteiger partial charge in [0.05, 0.1) is 6.04 Å². The van der Waals surface area contributed by atoms with Gasteiger partial charge in [-0.2, -0.15) is 0 Å². The van der Waals surface area contributed by atoms with Gasteiger partial charge in [0.15, 0.2) is 0 Å². The molecule has 2 aliphatic rings. The van der Waals surface area contributed by atoms with Crippen LogP contribution in [0.3, 0.4) is 0 Å². The largest absolute Gasteiger partial charge is 0.383 e. The predicted octanol–water partition coefficient (Wildman–Crippen LogP) is 6.26. The summed E-state index contributed by atoms with van der Waals surface area (Å²) in [6.07, 6.45) is 6.94. The average Bonchev–Trinajstić information content (AvgIpc) is 2.75. The minimum Gasteiger partial charge on any atom is -0.383 e. The van der Waals surface area contributed by atoms with Crippen LogP contribution >= 0.6 is 36.4 Å². The molecule has 0 aromatic heterocycles. The third-order valence-electron chi connectivity index (χ3n) is 7.59. The molecule has 4 rings (SSSR count). The summed E-state index contributed by atoms with van der Waals surface area (Å²) in [6, 6.07) is 19.0. The molecule has 3 atom stereocenters. The quantitative estimate of drug-likeness (QED) is 0.538. The fourth-order valence-corrected chi connectivity index (χ4v) is 6.56. The molecule has 3 nitrogen and oxygen atoms in total. The Balaban J connectivity index is 0.00000181. The molecule has 0 spiro atoms. The summed E-state index contributed by atoms with van der Waals surface area (Å²) in [7, 11) is 4.19. The minimum atomic E-state index is -0.920. The van der Waals surface area contributed by atoms with Crippen molar-refractivity contribution in [2.75, 3.05) is 20.6 Å². The van der Waals surface area contributed by atoms with Gasteiger partial charge in [-0.3, -0.25) is 4.90 Å². The Morgan fingerprint density at radius 1 is 0.906 bits per heavy atom. The van der Waals surface area contributed by atoms with E-state index in [4.69, 9.17) is 11.6 Å². The van der Waals surface area contributed by atoms with E-state index in [1.54, 1.807) is 0 Å². The first kappa shape index (κ1) is 27.4. The first-order valence-electron chi connectivity index (χ1n) is 11.4. The number of nitrogens with zero attached hydrogens (tertiary/aromatic N) is 2. The lowest BCUT2D eigenvalue weighted by Crippen LogP contribution is -2.67. The Labute approximate surface area is 211 Å². The summed E-state index contributed by atoms with van der Waals surface area (Å²) < 4.78 is 0. The van der Waals surface area contributed by atoms with Gasteiger partial charge in [-0.1, -0.05) is 73.3 Å². The summed E-state index contributed by atoms with van der Waals surface area (Å²) in [4.78, 5) is 4.92. The second-order valence-corrected chi connectivity index (χ2v) is 9.92. The van der Waals surface area contributed by atoms with Crippen LogP contribution in [0.4, 0.5) is 0 Å². The topological polar surface area (TPSA) is 26.7 Å². The second-order valence-electron chi connectivity index (χ2n) is 9.49. The fourth-order valence-electron chi connectivity index (χ4n) is 6.37. The van der Waals surface area contributed by atoms with Crippen molar-refractivity contribution in [3.05, 3.63) is 70.7 Å². The van der Waals surface area contributed by atoms with Crippen molar-refractivity contribution in [1.29, 1.82) is 0 Å². The number of piperidine rings is 1. The van der Waals surface area contributed by atoms with Crippen LogP contribution in [0.25, 0.3) is 0 Å². The molecule has 1 aliphatic heterocycles. The number of hydrogen-bond acceptors (Lipinski definition) is 3. The molecule has 32 heavy (non-hydrogen) atoms. The highest BCUT2D eigenvalue weighted by atomic mass is 35.5. The number of likely N-dealkylation sites (N-methyl/N-ethyl adjacent to an activating group) is 1. The van der Waals surface area contributed by atoms with Gasteiger partial charge in [-0.05, 0) is 63.5 Å². The molecule has 1 saturated carbocycles. The van der Waals surface area contributed by atoms with Crippen LogP contribution in [-0.2, 0) is 11.1 Å². The predicted molar refractivity (Wildman–Crippen MR) is 139 cm³/mol. The molecule has 0 bridgehead atoms. The van der Waals surface area contributed by atoms with E-state index >= 15 is 0 Å². The molecule has 1 N–H and O–H groups in total. The van der Waals surface area contributed by atoms with Gasteiger partial charge >= 0.3 is 0 Å². The SMILES string of the molecule is CC1C(N(C)C)C(O)(c2cccc(Cl)c2)CCN1C1(c2ccccc2)CCCCC1.Cl.Cl. The average molecular weight is 500 g/mol. The number of halogens is 3. The van der Waals surface area contributed by atoms with E-state index in [9.17, 15) is 5.11 Å². The molecular weight excluding hydrogens is 463 g/mol. The molecular formula is C26H37Cl3N2O. The number of benzene rings is 2. The fraction of sp³-hybridized carbons (Fsp3) is 0.538. The second kappa shape index (κ2) is 11.1. The van der Waals surface area contributed by atoms with E-state index in [-0.39, 0.29) is 42.4 Å². The zero-order chi connectivity index (χ0) is 21.4. The molecule has 178 valence electrons. The van der Waals surface area contributed by atoms with Gasteiger partial charge in [0.1, 0.15) is 5.60 Å². The molecule has 6 heteroatoms. The Kier molecular flexibility index (Phi) is 9.50. The molecule has 0 radical (unpaired) electrons. The van der Waals surface area contributed by atoms with Gasteiger partial charge in [0.25, 0.3) is 0 Å². The van der Waals surface area contributed by atoms with Gasteiger partial charge < -0.3 is 10.0 Å². The number of likely N-dealkylation sites (tertiary alicyclic amines) is 1. The van der Waals surface area contributed by atoms with E-state index in [0.29, 0.717) is 11.4 Å². The molecule has 2 aromatic rings. The minimum absolute atomic E-state index is 0. The van der Waals surface area contributed by atoms with Crippen LogP contribution in [0, 0.1) is 0 Å². The molecule has 2 fully saturated rings. The van der Waals surface area contributed by atoms with Crippen molar-refractivity contribution in [2.24, 2.45) is 0 Å². The first-order chi connectivity index (χ1) is 14.4. The van der Waals surface area contributed by atoms with Crippen LogP contribution in [0.1, 0.15) is 56.6 Å². The van der Waals surface area contributed by atoms with Crippen molar-refractivity contribution in [3.63, 3.8) is 0 Å². The van der Waals surface area contributed by atoms with Crippen LogP contribution in [0.15, 0.2) is 54.6 Å². The summed E-state index contributed by atoms with van der Waals surface area (Å²) in [5.41, 5.74) is 1.50. The maximum Gasteiger partial charge on any atom is 0.108 e. The lowest BCUT2D eigenvalue weighted by Gasteiger charge is -2.58.